The summed E-state index contributed by atoms with van der Waals surface area (Å²) in [6.45, 7) is 5.05. The maximum absolute atomic E-state index is 6.41. The van der Waals surface area contributed by atoms with Gasteiger partial charge in [0, 0.05) is 6.42 Å². The summed E-state index contributed by atoms with van der Waals surface area (Å²) in [4.78, 5) is 0. The van der Waals surface area contributed by atoms with Gasteiger partial charge in [0.2, 0.25) is 0 Å². The summed E-state index contributed by atoms with van der Waals surface area (Å²) in [5.41, 5.74) is 3.57. The van der Waals surface area contributed by atoms with E-state index in [-0.39, 0.29) is 12.2 Å². The van der Waals surface area contributed by atoms with Gasteiger partial charge in [0.25, 0.3) is 0 Å². The van der Waals surface area contributed by atoms with Gasteiger partial charge in [0.05, 0.1) is 39.6 Å². The molecule has 3 aromatic rings. The van der Waals surface area contributed by atoms with Crippen LogP contribution in [0.15, 0.2) is 91.5 Å². The van der Waals surface area contributed by atoms with Gasteiger partial charge in [-0.25, -0.2) is 0 Å². The van der Waals surface area contributed by atoms with Gasteiger partial charge < -0.3 is 18.9 Å². The molecule has 34 heavy (non-hydrogen) atoms. The van der Waals surface area contributed by atoms with Crippen molar-refractivity contribution in [1.82, 2.24) is 0 Å². The largest absolute Gasteiger partial charge is 0.497 e. The molecule has 0 amide bonds. The average molecular weight is 461 g/mol. The van der Waals surface area contributed by atoms with Crippen molar-refractivity contribution >= 4 is 0 Å². The molecule has 3 rings (SSSR count). The fourth-order valence-electron chi connectivity index (χ4n) is 3.82. The number of rotatable bonds is 15. The number of aryl methyl sites for hydroxylation is 1. The highest BCUT2D eigenvalue weighted by Gasteiger charge is 2.18. The van der Waals surface area contributed by atoms with E-state index in [0.717, 1.165) is 48.3 Å². The van der Waals surface area contributed by atoms with E-state index in [9.17, 15) is 0 Å². The van der Waals surface area contributed by atoms with Crippen LogP contribution in [0.3, 0.4) is 0 Å². The Morgan fingerprint density at radius 1 is 0.676 bits per heavy atom. The predicted octanol–water partition coefficient (Wildman–Crippen LogP) is 6.77. The summed E-state index contributed by atoms with van der Waals surface area (Å²) in [6, 6.07) is 26.6. The summed E-state index contributed by atoms with van der Waals surface area (Å²) in [5.74, 6) is 1.70. The molecule has 0 aliphatic carbocycles. The van der Waals surface area contributed by atoms with Crippen molar-refractivity contribution in [1.29, 1.82) is 0 Å². The highest BCUT2D eigenvalue weighted by atomic mass is 16.5. The minimum Gasteiger partial charge on any atom is -0.497 e. The Hall–Kier alpha value is -3.08. The molecule has 180 valence electrons. The van der Waals surface area contributed by atoms with Gasteiger partial charge in [-0.05, 0) is 60.2 Å². The third-order valence-electron chi connectivity index (χ3n) is 5.84. The number of methoxy groups -OCH3 is 2. The molecular formula is C30H36O4. The summed E-state index contributed by atoms with van der Waals surface area (Å²) < 4.78 is 23.2. The lowest BCUT2D eigenvalue weighted by Crippen LogP contribution is -2.24. The van der Waals surface area contributed by atoms with Crippen molar-refractivity contribution in [2.75, 3.05) is 14.2 Å². The van der Waals surface area contributed by atoms with Crippen LogP contribution in [0, 0.1) is 0 Å². The molecule has 0 aliphatic rings. The summed E-state index contributed by atoms with van der Waals surface area (Å²) in [6.07, 6.45) is 5.53. The Morgan fingerprint density at radius 3 is 1.71 bits per heavy atom. The van der Waals surface area contributed by atoms with E-state index in [2.05, 4.69) is 43.0 Å². The van der Waals surface area contributed by atoms with Crippen LogP contribution in [0.4, 0.5) is 0 Å². The van der Waals surface area contributed by atoms with Crippen LogP contribution in [0.25, 0.3) is 0 Å². The van der Waals surface area contributed by atoms with E-state index in [0.29, 0.717) is 13.2 Å². The molecule has 0 spiro atoms. The Balaban J connectivity index is 1.61. The zero-order valence-corrected chi connectivity index (χ0v) is 20.3. The van der Waals surface area contributed by atoms with Crippen LogP contribution in [-0.2, 0) is 29.1 Å². The van der Waals surface area contributed by atoms with E-state index in [1.807, 2.05) is 48.5 Å². The van der Waals surface area contributed by atoms with Gasteiger partial charge in [-0.15, -0.1) is 6.58 Å². The van der Waals surface area contributed by atoms with Crippen molar-refractivity contribution in [3.05, 3.63) is 108 Å². The van der Waals surface area contributed by atoms with Crippen LogP contribution >= 0.6 is 0 Å². The smallest absolute Gasteiger partial charge is 0.118 e. The molecule has 0 saturated carbocycles. The van der Waals surface area contributed by atoms with E-state index in [4.69, 9.17) is 18.9 Å². The van der Waals surface area contributed by atoms with E-state index in [1.54, 1.807) is 14.2 Å². The molecule has 0 heterocycles. The van der Waals surface area contributed by atoms with Gasteiger partial charge in [-0.3, -0.25) is 0 Å². The Labute approximate surface area is 204 Å². The molecule has 0 aliphatic heterocycles. The lowest BCUT2D eigenvalue weighted by molar-refractivity contribution is -0.0308. The number of hydrogen-bond acceptors (Lipinski definition) is 4. The first-order valence-electron chi connectivity index (χ1n) is 11.8. The standard InChI is InChI=1S/C30H36O4/c1-4-8-29(33-22-25-12-16-27(31-2)17-13-25)21-30(20-11-24-9-6-5-7-10-24)34-23-26-14-18-28(32-3)19-15-26/h4-7,9-10,12-19,29-30H,1,8,11,20-23H2,2-3H3/t29-,30-/m0/s1. The maximum Gasteiger partial charge on any atom is 0.118 e. The van der Waals surface area contributed by atoms with Gasteiger partial charge in [-0.1, -0.05) is 60.7 Å². The number of hydrogen-bond donors (Lipinski definition) is 0. The molecule has 3 aromatic carbocycles. The van der Waals surface area contributed by atoms with Gasteiger partial charge >= 0.3 is 0 Å². The summed E-state index contributed by atoms with van der Waals surface area (Å²) >= 11 is 0. The highest BCUT2D eigenvalue weighted by Crippen LogP contribution is 2.21. The maximum atomic E-state index is 6.41. The second-order valence-corrected chi connectivity index (χ2v) is 8.35. The molecule has 0 aromatic heterocycles. The second-order valence-electron chi connectivity index (χ2n) is 8.35. The molecule has 0 radical (unpaired) electrons. The molecule has 0 saturated heterocycles. The van der Waals surface area contributed by atoms with Crippen LogP contribution < -0.4 is 9.47 Å². The third kappa shape index (κ3) is 8.69. The van der Waals surface area contributed by atoms with E-state index >= 15 is 0 Å². The normalized spacial score (nSPS) is 12.6. The second kappa shape index (κ2) is 14.2. The zero-order chi connectivity index (χ0) is 24.0. The monoisotopic (exact) mass is 460 g/mol. The molecule has 0 N–H and O–H groups in total. The van der Waals surface area contributed by atoms with Crippen molar-refractivity contribution in [2.45, 2.75) is 51.1 Å². The Bertz CT molecular complexity index is 951. The van der Waals surface area contributed by atoms with Crippen LogP contribution in [0.5, 0.6) is 11.5 Å². The van der Waals surface area contributed by atoms with Crippen molar-refractivity contribution in [2.24, 2.45) is 0 Å². The number of ether oxygens (including phenoxy) is 4. The minimum absolute atomic E-state index is 0.0382. The first-order valence-corrected chi connectivity index (χ1v) is 11.8. The van der Waals surface area contributed by atoms with Crippen molar-refractivity contribution < 1.29 is 18.9 Å². The predicted molar refractivity (Wildman–Crippen MR) is 137 cm³/mol. The van der Waals surface area contributed by atoms with E-state index < -0.39 is 0 Å². The van der Waals surface area contributed by atoms with Gasteiger partial charge in [0.15, 0.2) is 0 Å². The van der Waals surface area contributed by atoms with Crippen LogP contribution in [0.1, 0.15) is 36.0 Å². The molecule has 0 bridgehead atoms. The summed E-state index contributed by atoms with van der Waals surface area (Å²) in [5, 5.41) is 0. The van der Waals surface area contributed by atoms with Crippen molar-refractivity contribution in [3.8, 4) is 11.5 Å². The fraction of sp³-hybridized carbons (Fsp3) is 0.333. The molecular weight excluding hydrogens is 424 g/mol. The highest BCUT2D eigenvalue weighted by molar-refractivity contribution is 5.27. The summed E-state index contributed by atoms with van der Waals surface area (Å²) in [7, 11) is 3.35. The van der Waals surface area contributed by atoms with Crippen molar-refractivity contribution in [3.63, 3.8) is 0 Å². The lowest BCUT2D eigenvalue weighted by Gasteiger charge is -2.24. The molecule has 4 nitrogen and oxygen atoms in total. The lowest BCUT2D eigenvalue weighted by atomic mass is 10.0. The first kappa shape index (κ1) is 25.5. The number of benzene rings is 3. The van der Waals surface area contributed by atoms with Gasteiger partial charge in [-0.2, -0.15) is 0 Å². The quantitative estimate of drug-likeness (QED) is 0.234. The zero-order valence-electron chi connectivity index (χ0n) is 20.3. The first-order chi connectivity index (χ1) is 16.7. The molecule has 0 fully saturated rings. The van der Waals surface area contributed by atoms with Crippen LogP contribution in [-0.4, -0.2) is 26.4 Å². The minimum atomic E-state index is 0.0382. The fourth-order valence-corrected chi connectivity index (χ4v) is 3.82. The Morgan fingerprint density at radius 2 is 1.21 bits per heavy atom. The average Bonchev–Trinajstić information content (AvgIpc) is 2.90. The Kier molecular flexibility index (Phi) is 10.7. The molecule has 0 unspecified atom stereocenters. The van der Waals surface area contributed by atoms with Crippen LogP contribution in [0.2, 0.25) is 0 Å². The topological polar surface area (TPSA) is 36.9 Å². The SMILES string of the molecule is C=CC[C@@H](C[C@H](CCc1ccccc1)OCc1ccc(OC)cc1)OCc1ccc(OC)cc1. The third-order valence-corrected chi connectivity index (χ3v) is 5.84. The van der Waals surface area contributed by atoms with E-state index in [1.165, 1.54) is 5.56 Å². The van der Waals surface area contributed by atoms with Gasteiger partial charge in [0.1, 0.15) is 11.5 Å². The molecule has 2 atom stereocenters. The molecule has 4 heteroatoms.